The van der Waals surface area contributed by atoms with Gasteiger partial charge in [-0.25, -0.2) is 14.2 Å². The Balaban J connectivity index is 1.79. The van der Waals surface area contributed by atoms with E-state index in [0.29, 0.717) is 17.1 Å². The molecular formula is C27H22FN3O4. The van der Waals surface area contributed by atoms with Gasteiger partial charge in [0.05, 0.1) is 29.9 Å². The van der Waals surface area contributed by atoms with Crippen LogP contribution in [0.5, 0.6) is 17.4 Å². The monoisotopic (exact) mass is 471 g/mol. The average Bonchev–Trinajstić information content (AvgIpc) is 3.29. The van der Waals surface area contributed by atoms with Crippen LogP contribution in [0.4, 0.5) is 4.39 Å². The van der Waals surface area contributed by atoms with Crippen molar-refractivity contribution in [2.24, 2.45) is 0 Å². The van der Waals surface area contributed by atoms with E-state index in [9.17, 15) is 14.3 Å². The molecule has 0 saturated carbocycles. The number of pyridine rings is 1. The predicted molar refractivity (Wildman–Crippen MR) is 131 cm³/mol. The van der Waals surface area contributed by atoms with Gasteiger partial charge in [0.2, 0.25) is 5.88 Å². The molecule has 2 aromatic heterocycles. The number of nitrogens with zero attached hydrogens (tertiary/aromatic N) is 2. The van der Waals surface area contributed by atoms with Crippen molar-refractivity contribution in [3.63, 3.8) is 0 Å². The van der Waals surface area contributed by atoms with Gasteiger partial charge in [0.15, 0.2) is 11.5 Å². The van der Waals surface area contributed by atoms with Gasteiger partial charge in [0, 0.05) is 16.3 Å². The molecule has 2 N–H and O–H groups in total. The number of nitrogens with one attached hydrogen (secondary N) is 1. The SMILES string of the molecule is COc1cc(C(=O)O)ccc1Oc1nc2cc3[nH]ncc3cc2c(-c2ccc(F)cc2)c1C(C)C. The third kappa shape index (κ3) is 4.03. The number of fused-ring (bicyclic) bond motifs is 2. The van der Waals surface area contributed by atoms with Crippen LogP contribution in [0.15, 0.2) is 60.8 Å². The van der Waals surface area contributed by atoms with Gasteiger partial charge in [-0.15, -0.1) is 0 Å². The molecule has 5 rings (SSSR count). The van der Waals surface area contributed by atoms with Gasteiger partial charge >= 0.3 is 5.97 Å². The van der Waals surface area contributed by atoms with Gasteiger partial charge < -0.3 is 14.6 Å². The number of carbonyl (C=O) groups is 1. The number of ether oxygens (including phenoxy) is 2. The molecule has 0 atom stereocenters. The highest BCUT2D eigenvalue weighted by molar-refractivity contribution is 6.04. The molecule has 7 nitrogen and oxygen atoms in total. The average molecular weight is 471 g/mol. The standard InChI is InChI=1S/C27H22FN3O4/c1-14(2)24-25(15-4-7-18(28)8-5-15)19-10-17-13-29-31-20(17)12-21(19)30-26(24)35-22-9-6-16(27(32)33)11-23(22)34-3/h4-14H,1-3H3,(H,29,31)(H,32,33). The molecule has 0 radical (unpaired) electrons. The van der Waals surface area contributed by atoms with E-state index in [1.807, 2.05) is 26.0 Å². The molecule has 0 aliphatic heterocycles. The fraction of sp³-hybridized carbons (Fsp3) is 0.148. The summed E-state index contributed by atoms with van der Waals surface area (Å²) >= 11 is 0. The summed E-state index contributed by atoms with van der Waals surface area (Å²) in [5.41, 5.74) is 4.10. The van der Waals surface area contributed by atoms with Crippen LogP contribution in [0.3, 0.4) is 0 Å². The summed E-state index contributed by atoms with van der Waals surface area (Å²) in [5, 5.41) is 18.2. The van der Waals surface area contributed by atoms with Crippen LogP contribution in [-0.2, 0) is 0 Å². The molecule has 0 fully saturated rings. The lowest BCUT2D eigenvalue weighted by Gasteiger charge is -2.21. The van der Waals surface area contributed by atoms with Gasteiger partial charge in [-0.05, 0) is 59.5 Å². The zero-order valence-corrected chi connectivity index (χ0v) is 19.3. The number of hydrogen-bond acceptors (Lipinski definition) is 5. The maximum atomic E-state index is 13.8. The fourth-order valence-corrected chi connectivity index (χ4v) is 4.22. The fourth-order valence-electron chi connectivity index (χ4n) is 4.22. The summed E-state index contributed by atoms with van der Waals surface area (Å²) < 4.78 is 25.5. The Hall–Kier alpha value is -4.46. The van der Waals surface area contributed by atoms with Crippen molar-refractivity contribution in [1.82, 2.24) is 15.2 Å². The summed E-state index contributed by atoms with van der Waals surface area (Å²) in [6, 6.07) is 14.6. The number of H-pyrrole nitrogens is 1. The van der Waals surface area contributed by atoms with Crippen molar-refractivity contribution in [1.29, 1.82) is 0 Å². The van der Waals surface area contributed by atoms with Crippen LogP contribution in [0.1, 0.15) is 35.7 Å². The van der Waals surface area contributed by atoms with Crippen molar-refractivity contribution in [3.05, 3.63) is 77.7 Å². The summed E-state index contributed by atoms with van der Waals surface area (Å²) in [6.45, 7) is 4.06. The molecule has 0 saturated heterocycles. The minimum absolute atomic E-state index is 0.00807. The first kappa shape index (κ1) is 22.3. The lowest BCUT2D eigenvalue weighted by molar-refractivity contribution is 0.0696. The number of rotatable bonds is 6. The summed E-state index contributed by atoms with van der Waals surface area (Å²) in [7, 11) is 1.45. The highest BCUT2D eigenvalue weighted by Gasteiger charge is 2.23. The van der Waals surface area contributed by atoms with E-state index in [-0.39, 0.29) is 23.0 Å². The second-order valence-corrected chi connectivity index (χ2v) is 8.47. The third-order valence-electron chi connectivity index (χ3n) is 5.88. The molecule has 35 heavy (non-hydrogen) atoms. The molecule has 2 heterocycles. The quantitative estimate of drug-likeness (QED) is 0.292. The number of aromatic carboxylic acids is 1. The molecular weight excluding hydrogens is 449 g/mol. The van der Waals surface area contributed by atoms with Crippen molar-refractivity contribution in [2.75, 3.05) is 7.11 Å². The number of methoxy groups -OCH3 is 1. The second-order valence-electron chi connectivity index (χ2n) is 8.47. The number of halogens is 1. The molecule has 0 unspecified atom stereocenters. The zero-order valence-electron chi connectivity index (χ0n) is 19.3. The first-order valence-corrected chi connectivity index (χ1v) is 11.0. The van der Waals surface area contributed by atoms with Crippen LogP contribution in [0.25, 0.3) is 32.9 Å². The van der Waals surface area contributed by atoms with Crippen molar-refractivity contribution in [2.45, 2.75) is 19.8 Å². The first-order valence-electron chi connectivity index (χ1n) is 11.0. The highest BCUT2D eigenvalue weighted by atomic mass is 19.1. The van der Waals surface area contributed by atoms with Crippen LogP contribution >= 0.6 is 0 Å². The normalized spacial score (nSPS) is 11.3. The molecule has 5 aromatic rings. The van der Waals surface area contributed by atoms with E-state index in [4.69, 9.17) is 14.5 Å². The van der Waals surface area contributed by atoms with Gasteiger partial charge in [0.1, 0.15) is 5.82 Å². The van der Waals surface area contributed by atoms with E-state index in [1.54, 1.807) is 24.4 Å². The zero-order chi connectivity index (χ0) is 24.7. The molecule has 0 aliphatic carbocycles. The van der Waals surface area contributed by atoms with E-state index in [1.165, 1.54) is 31.4 Å². The maximum absolute atomic E-state index is 13.8. The molecule has 176 valence electrons. The number of carboxylic acid groups (broad SMARTS) is 1. The summed E-state index contributed by atoms with van der Waals surface area (Å²) in [6.07, 6.45) is 1.75. The van der Waals surface area contributed by atoms with E-state index in [2.05, 4.69) is 10.2 Å². The number of aromatic amines is 1. The minimum Gasteiger partial charge on any atom is -0.493 e. The predicted octanol–water partition coefficient (Wildman–Crippen LogP) is 6.54. The largest absolute Gasteiger partial charge is 0.493 e. The van der Waals surface area contributed by atoms with Crippen LogP contribution in [0.2, 0.25) is 0 Å². The third-order valence-corrected chi connectivity index (χ3v) is 5.88. The Bertz CT molecular complexity index is 1580. The smallest absolute Gasteiger partial charge is 0.335 e. The minimum atomic E-state index is -1.07. The Morgan fingerprint density at radius 2 is 1.83 bits per heavy atom. The molecule has 0 amide bonds. The van der Waals surface area contributed by atoms with Crippen molar-refractivity contribution in [3.8, 4) is 28.5 Å². The van der Waals surface area contributed by atoms with Gasteiger partial charge in [-0.3, -0.25) is 5.10 Å². The molecule has 3 aromatic carbocycles. The Morgan fingerprint density at radius 3 is 2.51 bits per heavy atom. The van der Waals surface area contributed by atoms with Gasteiger partial charge in [-0.1, -0.05) is 26.0 Å². The van der Waals surface area contributed by atoms with E-state index >= 15 is 0 Å². The lowest BCUT2D eigenvalue weighted by atomic mass is 9.90. The Morgan fingerprint density at radius 1 is 1.06 bits per heavy atom. The van der Waals surface area contributed by atoms with E-state index < -0.39 is 5.97 Å². The number of carboxylic acids is 1. The molecule has 8 heteroatoms. The Kier molecular flexibility index (Phi) is 5.56. The highest BCUT2D eigenvalue weighted by Crippen LogP contribution is 2.44. The van der Waals surface area contributed by atoms with Crippen LogP contribution in [0, 0.1) is 5.82 Å². The molecule has 0 spiro atoms. The van der Waals surface area contributed by atoms with Crippen molar-refractivity contribution >= 4 is 27.8 Å². The summed E-state index contributed by atoms with van der Waals surface area (Å²) in [5.74, 6) is -0.440. The number of benzene rings is 3. The Labute approximate surface area is 200 Å². The summed E-state index contributed by atoms with van der Waals surface area (Å²) in [4.78, 5) is 16.2. The molecule has 0 aliphatic rings. The number of hydrogen-bond donors (Lipinski definition) is 2. The molecule has 0 bridgehead atoms. The lowest BCUT2D eigenvalue weighted by Crippen LogP contribution is -2.03. The first-order chi connectivity index (χ1) is 16.9. The van der Waals surface area contributed by atoms with Crippen LogP contribution < -0.4 is 9.47 Å². The van der Waals surface area contributed by atoms with Gasteiger partial charge in [0.25, 0.3) is 0 Å². The number of aromatic nitrogens is 3. The van der Waals surface area contributed by atoms with Gasteiger partial charge in [-0.2, -0.15) is 5.10 Å². The second kappa shape index (κ2) is 8.72. The van der Waals surface area contributed by atoms with Crippen molar-refractivity contribution < 1.29 is 23.8 Å². The van der Waals surface area contributed by atoms with E-state index in [0.717, 1.165) is 33.0 Å². The maximum Gasteiger partial charge on any atom is 0.335 e. The van der Waals surface area contributed by atoms with Crippen LogP contribution in [-0.4, -0.2) is 33.4 Å². The topological polar surface area (TPSA) is 97.3 Å².